The fourth-order valence-corrected chi connectivity index (χ4v) is 4.20. The Hall–Kier alpha value is -2.56. The summed E-state index contributed by atoms with van der Waals surface area (Å²) in [6, 6.07) is 6.09. The summed E-state index contributed by atoms with van der Waals surface area (Å²) in [5.41, 5.74) is 3.04. The number of aromatic nitrogens is 4. The van der Waals surface area contributed by atoms with Crippen LogP contribution in [0, 0.1) is 16.7 Å². The van der Waals surface area contributed by atoms with Gasteiger partial charge in [-0.15, -0.1) is 0 Å². The van der Waals surface area contributed by atoms with E-state index in [1.54, 1.807) is 12.5 Å². The van der Waals surface area contributed by atoms with Crippen LogP contribution >= 0.6 is 0 Å². The molecule has 1 aromatic carbocycles. The Morgan fingerprint density at radius 3 is 2.50 bits per heavy atom. The number of rotatable bonds is 4. The molecule has 0 saturated heterocycles. The van der Waals surface area contributed by atoms with E-state index in [4.69, 9.17) is 0 Å². The van der Waals surface area contributed by atoms with Crippen LogP contribution in [0.2, 0.25) is 0 Å². The van der Waals surface area contributed by atoms with Crippen molar-refractivity contribution in [3.8, 4) is 11.3 Å². The number of benzene rings is 1. The van der Waals surface area contributed by atoms with E-state index >= 15 is 0 Å². The minimum Gasteiger partial charge on any atom is -0.334 e. The molecule has 4 rings (SSSR count). The van der Waals surface area contributed by atoms with Gasteiger partial charge < -0.3 is 4.57 Å². The number of ketones is 1. The summed E-state index contributed by atoms with van der Waals surface area (Å²) in [7, 11) is 1.97. The van der Waals surface area contributed by atoms with E-state index in [1.165, 1.54) is 0 Å². The summed E-state index contributed by atoms with van der Waals surface area (Å²) in [5.74, 6) is 0.917. The zero-order valence-electron chi connectivity index (χ0n) is 15.9. The van der Waals surface area contributed by atoms with E-state index in [2.05, 4.69) is 42.6 Å². The number of hydrogen-bond acceptors (Lipinski definition) is 4. The molecular weight excluding hydrogens is 324 g/mol. The van der Waals surface area contributed by atoms with E-state index in [9.17, 15) is 4.79 Å². The summed E-state index contributed by atoms with van der Waals surface area (Å²) in [4.78, 5) is 26.0. The Kier molecular flexibility index (Phi) is 3.55. The van der Waals surface area contributed by atoms with Crippen molar-refractivity contribution in [1.29, 1.82) is 0 Å². The molecule has 2 aromatic heterocycles. The van der Waals surface area contributed by atoms with Gasteiger partial charge in [-0.05, 0) is 16.9 Å². The third kappa shape index (κ3) is 2.45. The molecule has 0 atom stereocenters. The smallest absolute Gasteiger partial charge is 0.144 e. The highest BCUT2D eigenvalue weighted by Gasteiger charge is 2.67. The predicted molar refractivity (Wildman–Crippen MR) is 102 cm³/mol. The molecule has 0 radical (unpaired) electrons. The first-order valence-electron chi connectivity index (χ1n) is 8.97. The van der Waals surface area contributed by atoms with Crippen LogP contribution in [-0.2, 0) is 18.3 Å². The van der Waals surface area contributed by atoms with Crippen molar-refractivity contribution < 1.29 is 4.79 Å². The van der Waals surface area contributed by atoms with Crippen LogP contribution < -0.4 is 0 Å². The SMILES string of the molecule is Cn1cncc1-c1ccc2cnc(CC(=O)C3C(C)(C)C3(C)C)nc2c1. The minimum absolute atomic E-state index is 0.0492. The molecule has 1 aliphatic carbocycles. The van der Waals surface area contributed by atoms with E-state index in [0.717, 1.165) is 22.2 Å². The van der Waals surface area contributed by atoms with Gasteiger partial charge >= 0.3 is 0 Å². The Morgan fingerprint density at radius 1 is 1.15 bits per heavy atom. The molecule has 5 nitrogen and oxygen atoms in total. The van der Waals surface area contributed by atoms with Crippen molar-refractivity contribution in [3.05, 3.63) is 42.7 Å². The normalized spacial score (nSPS) is 18.2. The van der Waals surface area contributed by atoms with Crippen molar-refractivity contribution in [1.82, 2.24) is 19.5 Å². The first-order chi connectivity index (χ1) is 12.2. The Balaban J connectivity index is 1.63. The molecule has 2 heterocycles. The second-order valence-electron chi connectivity index (χ2n) is 8.47. The summed E-state index contributed by atoms with van der Waals surface area (Å²) in [6.45, 7) is 8.65. The molecule has 0 N–H and O–H groups in total. The van der Waals surface area contributed by atoms with Crippen LogP contribution in [0.3, 0.4) is 0 Å². The number of carbonyl (C=O) groups excluding carboxylic acids is 1. The molecule has 1 aliphatic rings. The third-order valence-corrected chi connectivity index (χ3v) is 6.42. The van der Waals surface area contributed by atoms with Gasteiger partial charge in [0.2, 0.25) is 0 Å². The molecule has 134 valence electrons. The lowest BCUT2D eigenvalue weighted by atomic mass is 10.0. The summed E-state index contributed by atoms with van der Waals surface area (Å²) < 4.78 is 1.98. The van der Waals surface area contributed by atoms with Gasteiger partial charge in [-0.25, -0.2) is 15.0 Å². The highest BCUT2D eigenvalue weighted by Crippen LogP contribution is 2.68. The van der Waals surface area contributed by atoms with Gasteiger partial charge in [0.25, 0.3) is 0 Å². The Morgan fingerprint density at radius 2 is 1.88 bits per heavy atom. The second kappa shape index (κ2) is 5.47. The molecular formula is C21H24N4O. The van der Waals surface area contributed by atoms with Crippen molar-refractivity contribution in [2.75, 3.05) is 0 Å². The van der Waals surface area contributed by atoms with E-state index in [0.29, 0.717) is 12.2 Å². The number of imidazole rings is 1. The highest BCUT2D eigenvalue weighted by atomic mass is 16.1. The van der Waals surface area contributed by atoms with Crippen molar-refractivity contribution in [3.63, 3.8) is 0 Å². The van der Waals surface area contributed by atoms with Crippen molar-refractivity contribution in [2.45, 2.75) is 34.1 Å². The van der Waals surface area contributed by atoms with E-state index in [1.807, 2.05) is 36.0 Å². The Bertz CT molecular complexity index is 1000. The molecule has 0 amide bonds. The van der Waals surface area contributed by atoms with Gasteiger partial charge in [-0.2, -0.15) is 0 Å². The van der Waals surface area contributed by atoms with Crippen LogP contribution in [0.15, 0.2) is 36.9 Å². The van der Waals surface area contributed by atoms with Crippen molar-refractivity contribution >= 4 is 16.7 Å². The van der Waals surface area contributed by atoms with Crippen LogP contribution in [0.25, 0.3) is 22.2 Å². The summed E-state index contributed by atoms with van der Waals surface area (Å²) >= 11 is 0. The molecule has 3 aromatic rings. The van der Waals surface area contributed by atoms with Crippen molar-refractivity contribution in [2.24, 2.45) is 23.8 Å². The zero-order valence-corrected chi connectivity index (χ0v) is 15.9. The van der Waals surface area contributed by atoms with Gasteiger partial charge in [0, 0.05) is 30.1 Å². The molecule has 1 saturated carbocycles. The maximum Gasteiger partial charge on any atom is 0.144 e. The summed E-state index contributed by atoms with van der Waals surface area (Å²) in [5, 5.41) is 0.971. The first kappa shape index (κ1) is 16.9. The average molecular weight is 348 g/mol. The number of fused-ring (bicyclic) bond motifs is 1. The molecule has 0 unspecified atom stereocenters. The van der Waals surface area contributed by atoms with Gasteiger partial charge in [0.15, 0.2) is 0 Å². The minimum atomic E-state index is 0.0492. The monoisotopic (exact) mass is 348 g/mol. The predicted octanol–water partition coefficient (Wildman–Crippen LogP) is 3.82. The topological polar surface area (TPSA) is 60.7 Å². The van der Waals surface area contributed by atoms with Crippen LogP contribution in [0.1, 0.15) is 33.5 Å². The maximum atomic E-state index is 12.7. The first-order valence-corrected chi connectivity index (χ1v) is 8.97. The van der Waals surface area contributed by atoms with Gasteiger partial charge in [-0.3, -0.25) is 4.79 Å². The molecule has 26 heavy (non-hydrogen) atoms. The number of carbonyl (C=O) groups is 1. The lowest BCUT2D eigenvalue weighted by Crippen LogP contribution is -2.12. The van der Waals surface area contributed by atoms with Crippen LogP contribution in [0.4, 0.5) is 0 Å². The van der Waals surface area contributed by atoms with Gasteiger partial charge in [-0.1, -0.05) is 39.8 Å². The fraction of sp³-hybridized carbons (Fsp3) is 0.429. The number of aryl methyl sites for hydroxylation is 1. The average Bonchev–Trinajstić information content (AvgIpc) is 2.86. The molecule has 0 spiro atoms. The number of hydrogen-bond donors (Lipinski definition) is 0. The second-order valence-corrected chi connectivity index (χ2v) is 8.47. The molecule has 5 heteroatoms. The lowest BCUT2D eigenvalue weighted by molar-refractivity contribution is -0.120. The lowest BCUT2D eigenvalue weighted by Gasteiger charge is -2.06. The third-order valence-electron chi connectivity index (χ3n) is 6.42. The van der Waals surface area contributed by atoms with E-state index < -0.39 is 0 Å². The van der Waals surface area contributed by atoms with Crippen LogP contribution in [0.5, 0.6) is 0 Å². The number of Topliss-reactive ketones (excluding diaryl/α,β-unsaturated/α-hetero) is 1. The van der Waals surface area contributed by atoms with E-state index in [-0.39, 0.29) is 22.5 Å². The number of nitrogens with zero attached hydrogens (tertiary/aromatic N) is 4. The largest absolute Gasteiger partial charge is 0.334 e. The van der Waals surface area contributed by atoms with Gasteiger partial charge in [0.1, 0.15) is 11.6 Å². The highest BCUT2D eigenvalue weighted by molar-refractivity contribution is 5.88. The molecule has 0 bridgehead atoms. The summed E-state index contributed by atoms with van der Waals surface area (Å²) in [6.07, 6.45) is 5.72. The molecule has 1 fully saturated rings. The fourth-order valence-electron chi connectivity index (χ4n) is 4.20. The zero-order chi connectivity index (χ0) is 18.7. The standard InChI is InChI=1S/C21H24N4O/c1-20(2)19(21(20,3)4)17(26)9-18-23-10-14-7-6-13(8-15(14)24-18)16-11-22-12-25(16)5/h6-8,10-12,19H,9H2,1-5H3. The maximum absolute atomic E-state index is 12.7. The quantitative estimate of drug-likeness (QED) is 0.719. The van der Waals surface area contributed by atoms with Crippen LogP contribution in [-0.4, -0.2) is 25.3 Å². The Labute approximate surface area is 153 Å². The molecule has 0 aliphatic heterocycles. The van der Waals surface area contributed by atoms with Gasteiger partial charge in [0.05, 0.1) is 30.2 Å².